The van der Waals surface area contributed by atoms with Crippen LogP contribution in [0.3, 0.4) is 0 Å². The summed E-state index contributed by atoms with van der Waals surface area (Å²) in [5.41, 5.74) is -0.0435. The highest BCUT2D eigenvalue weighted by Crippen LogP contribution is 2.36. The minimum atomic E-state index is -1.04. The van der Waals surface area contributed by atoms with Gasteiger partial charge in [0.25, 0.3) is 0 Å². The topological polar surface area (TPSA) is 77.9 Å². The molecule has 0 amide bonds. The van der Waals surface area contributed by atoms with Gasteiger partial charge in [0.15, 0.2) is 6.61 Å². The van der Waals surface area contributed by atoms with Crippen LogP contribution >= 0.6 is 0 Å². The molecule has 0 bridgehead atoms. The van der Waals surface area contributed by atoms with Gasteiger partial charge in [-0.1, -0.05) is 6.07 Å². The number of nitrogens with zero attached hydrogens (tertiary/aromatic N) is 1. The van der Waals surface area contributed by atoms with Crippen molar-refractivity contribution in [3.63, 3.8) is 0 Å². The maximum atomic E-state index is 10.4. The van der Waals surface area contributed by atoms with Gasteiger partial charge in [-0.25, -0.2) is 9.78 Å². The van der Waals surface area contributed by atoms with E-state index in [0.29, 0.717) is 0 Å². The maximum absolute atomic E-state index is 10.4. The highest BCUT2D eigenvalue weighted by molar-refractivity contribution is 6.62. The predicted molar refractivity (Wildman–Crippen MR) is 73.1 cm³/mol. The monoisotopic (exact) mass is 279 g/mol. The number of pyridine rings is 1. The molecule has 0 aromatic carbocycles. The van der Waals surface area contributed by atoms with Crippen molar-refractivity contribution in [2.45, 2.75) is 38.9 Å². The molecule has 1 aliphatic rings. The van der Waals surface area contributed by atoms with Crippen molar-refractivity contribution in [3.05, 3.63) is 18.3 Å². The van der Waals surface area contributed by atoms with E-state index in [4.69, 9.17) is 19.2 Å². The fraction of sp³-hybridized carbons (Fsp3) is 0.538. The molecule has 2 rings (SSSR count). The van der Waals surface area contributed by atoms with E-state index in [9.17, 15) is 4.79 Å². The van der Waals surface area contributed by atoms with E-state index in [-0.39, 0.29) is 5.88 Å². The molecular weight excluding hydrogens is 261 g/mol. The summed E-state index contributed by atoms with van der Waals surface area (Å²) >= 11 is 0. The normalized spacial score (nSPS) is 19.9. The Morgan fingerprint density at radius 3 is 2.35 bits per heavy atom. The van der Waals surface area contributed by atoms with Crippen LogP contribution in [-0.2, 0) is 14.1 Å². The molecule has 0 aliphatic carbocycles. The Morgan fingerprint density at radius 1 is 1.30 bits per heavy atom. The number of carboxylic acid groups (broad SMARTS) is 1. The molecule has 108 valence electrons. The van der Waals surface area contributed by atoms with Gasteiger partial charge in [-0.15, -0.1) is 0 Å². The molecule has 1 aliphatic heterocycles. The number of ether oxygens (including phenoxy) is 1. The summed E-state index contributed by atoms with van der Waals surface area (Å²) in [6.07, 6.45) is 1.57. The zero-order valence-corrected chi connectivity index (χ0v) is 12.0. The third-order valence-electron chi connectivity index (χ3n) is 3.63. The van der Waals surface area contributed by atoms with Gasteiger partial charge in [-0.2, -0.15) is 0 Å². The van der Waals surface area contributed by atoms with Gasteiger partial charge in [0.1, 0.15) is 0 Å². The van der Waals surface area contributed by atoms with Crippen LogP contribution in [-0.4, -0.2) is 41.0 Å². The van der Waals surface area contributed by atoms with Crippen LogP contribution in [0.5, 0.6) is 5.88 Å². The molecule has 1 N–H and O–H groups in total. The smallest absolute Gasteiger partial charge is 0.479 e. The van der Waals surface area contributed by atoms with Gasteiger partial charge < -0.3 is 19.2 Å². The van der Waals surface area contributed by atoms with Crippen molar-refractivity contribution in [3.8, 4) is 5.88 Å². The predicted octanol–water partition coefficient (Wildman–Crippen LogP) is 0.844. The van der Waals surface area contributed by atoms with E-state index in [1.165, 1.54) is 0 Å². The van der Waals surface area contributed by atoms with E-state index in [1.54, 1.807) is 18.3 Å². The van der Waals surface area contributed by atoms with E-state index in [1.807, 2.05) is 27.7 Å². The Labute approximate surface area is 118 Å². The van der Waals surface area contributed by atoms with Crippen LogP contribution in [0.15, 0.2) is 18.3 Å². The minimum Gasteiger partial charge on any atom is -0.479 e. The van der Waals surface area contributed by atoms with Crippen LogP contribution in [0.4, 0.5) is 0 Å². The molecule has 0 radical (unpaired) electrons. The van der Waals surface area contributed by atoms with Crippen molar-refractivity contribution in [1.82, 2.24) is 4.98 Å². The van der Waals surface area contributed by atoms with Crippen molar-refractivity contribution in [2.24, 2.45) is 0 Å². The lowest BCUT2D eigenvalue weighted by molar-refractivity contribution is -0.139. The number of carbonyl (C=O) groups is 1. The highest BCUT2D eigenvalue weighted by Gasteiger charge is 2.51. The number of carboxylic acids is 1. The number of rotatable bonds is 4. The average Bonchev–Trinajstić information content (AvgIpc) is 2.56. The van der Waals surface area contributed by atoms with Crippen LogP contribution < -0.4 is 10.2 Å². The largest absolute Gasteiger partial charge is 0.496 e. The Bertz CT molecular complexity index is 484. The average molecular weight is 279 g/mol. The van der Waals surface area contributed by atoms with E-state index in [0.717, 1.165) is 5.46 Å². The number of aliphatic carboxylic acids is 1. The van der Waals surface area contributed by atoms with Crippen molar-refractivity contribution in [2.75, 3.05) is 6.61 Å². The van der Waals surface area contributed by atoms with Gasteiger partial charge >= 0.3 is 13.1 Å². The molecule has 1 fully saturated rings. The fourth-order valence-electron chi connectivity index (χ4n) is 1.73. The lowest BCUT2D eigenvalue weighted by atomic mass is 9.80. The van der Waals surface area contributed by atoms with Crippen molar-refractivity contribution in [1.29, 1.82) is 0 Å². The maximum Gasteiger partial charge on any atom is 0.496 e. The molecule has 0 unspecified atom stereocenters. The number of hydrogen-bond donors (Lipinski definition) is 1. The third-order valence-corrected chi connectivity index (χ3v) is 3.63. The molecule has 0 spiro atoms. The van der Waals surface area contributed by atoms with Crippen LogP contribution in [0.1, 0.15) is 27.7 Å². The first kappa shape index (κ1) is 14.8. The van der Waals surface area contributed by atoms with Gasteiger partial charge in [0.2, 0.25) is 5.88 Å². The van der Waals surface area contributed by atoms with E-state index in [2.05, 4.69) is 4.98 Å². The first-order chi connectivity index (χ1) is 9.21. The Balaban J connectivity index is 2.06. The van der Waals surface area contributed by atoms with Gasteiger partial charge in [0, 0.05) is 11.7 Å². The SMILES string of the molecule is CC1(C)OB(c2ccc(OCC(=O)O)nc2)OC1(C)C. The molecule has 0 saturated carbocycles. The van der Waals surface area contributed by atoms with Gasteiger partial charge in [-0.3, -0.25) is 0 Å². The van der Waals surface area contributed by atoms with Crippen LogP contribution in [0.2, 0.25) is 0 Å². The third kappa shape index (κ3) is 2.94. The molecule has 2 heterocycles. The second kappa shape index (κ2) is 5.07. The summed E-state index contributed by atoms with van der Waals surface area (Å²) < 4.78 is 16.8. The first-order valence-corrected chi connectivity index (χ1v) is 6.37. The minimum absolute atomic E-state index is 0.257. The summed E-state index contributed by atoms with van der Waals surface area (Å²) in [6, 6.07) is 3.36. The molecule has 1 aromatic rings. The second-order valence-electron chi connectivity index (χ2n) is 5.70. The first-order valence-electron chi connectivity index (χ1n) is 6.37. The Hall–Kier alpha value is -1.60. The van der Waals surface area contributed by atoms with Crippen molar-refractivity contribution >= 4 is 18.6 Å². The zero-order valence-electron chi connectivity index (χ0n) is 12.0. The molecular formula is C13H18BNO5. The zero-order chi connectivity index (χ0) is 15.0. The van der Waals surface area contributed by atoms with E-state index >= 15 is 0 Å². The quantitative estimate of drug-likeness (QED) is 0.823. The summed E-state index contributed by atoms with van der Waals surface area (Å²) in [5, 5.41) is 8.52. The lowest BCUT2D eigenvalue weighted by Gasteiger charge is -2.32. The molecule has 7 heteroatoms. The highest BCUT2D eigenvalue weighted by atomic mass is 16.7. The Morgan fingerprint density at radius 2 is 1.90 bits per heavy atom. The Kier molecular flexibility index (Phi) is 3.75. The van der Waals surface area contributed by atoms with Gasteiger partial charge in [-0.05, 0) is 33.8 Å². The molecule has 1 aromatic heterocycles. The molecule has 20 heavy (non-hydrogen) atoms. The number of aromatic nitrogens is 1. The number of hydrogen-bond acceptors (Lipinski definition) is 5. The summed E-state index contributed by atoms with van der Waals surface area (Å²) in [4.78, 5) is 14.4. The molecule has 0 atom stereocenters. The van der Waals surface area contributed by atoms with Crippen molar-refractivity contribution < 1.29 is 23.9 Å². The van der Waals surface area contributed by atoms with Gasteiger partial charge in [0.05, 0.1) is 11.2 Å². The second-order valence-corrected chi connectivity index (χ2v) is 5.70. The standard InChI is InChI=1S/C13H18BNO5/c1-12(2)13(3,4)20-14(19-12)9-5-6-10(15-7-9)18-8-11(16)17/h5-7H,8H2,1-4H3,(H,16,17). The summed E-state index contributed by atoms with van der Waals surface area (Å²) in [5.74, 6) is -0.783. The molecule has 6 nitrogen and oxygen atoms in total. The van der Waals surface area contributed by atoms with E-state index < -0.39 is 30.9 Å². The lowest BCUT2D eigenvalue weighted by Crippen LogP contribution is -2.41. The molecule has 1 saturated heterocycles. The summed E-state index contributed by atoms with van der Waals surface area (Å²) in [6.45, 7) is 7.49. The summed E-state index contributed by atoms with van der Waals surface area (Å²) in [7, 11) is -0.485. The van der Waals surface area contributed by atoms with Crippen LogP contribution in [0.25, 0.3) is 0 Å². The fourth-order valence-corrected chi connectivity index (χ4v) is 1.73. The van der Waals surface area contributed by atoms with Crippen LogP contribution in [0, 0.1) is 0 Å².